The van der Waals surface area contributed by atoms with Crippen LogP contribution in [0.5, 0.6) is 0 Å². The van der Waals surface area contributed by atoms with Crippen LogP contribution >= 0.6 is 0 Å². The van der Waals surface area contributed by atoms with Crippen molar-refractivity contribution in [2.24, 2.45) is 0 Å². The molecule has 0 atom stereocenters. The molecule has 2 aromatic rings. The van der Waals surface area contributed by atoms with E-state index in [-0.39, 0.29) is 6.04 Å². The number of aromatic nitrogens is 2. The summed E-state index contributed by atoms with van der Waals surface area (Å²) in [5.41, 5.74) is -3.54. The first-order valence-electron chi connectivity index (χ1n) is 6.85. The molecule has 124 valence electrons. The Morgan fingerprint density at radius 2 is 1.78 bits per heavy atom. The molecule has 2 heterocycles. The number of benzene rings is 1. The molecule has 23 heavy (non-hydrogen) atoms. The average Bonchev–Trinajstić information content (AvgIpc) is 2.83. The zero-order valence-corrected chi connectivity index (χ0v) is 13.0. The molecule has 1 fully saturated rings. The van der Waals surface area contributed by atoms with Gasteiger partial charge in [0.2, 0.25) is 0 Å². The van der Waals surface area contributed by atoms with Gasteiger partial charge in [0.15, 0.2) is 0 Å². The lowest BCUT2D eigenvalue weighted by Crippen LogP contribution is -2.48. The normalized spacial score (nSPS) is 16.4. The van der Waals surface area contributed by atoms with E-state index in [4.69, 9.17) is 0 Å². The van der Waals surface area contributed by atoms with E-state index in [1.807, 2.05) is 22.7 Å². The van der Waals surface area contributed by atoms with Crippen LogP contribution in [0.25, 0.3) is 0 Å². The molecule has 0 unspecified atom stereocenters. The van der Waals surface area contributed by atoms with Crippen LogP contribution in [0, 0.1) is 6.92 Å². The fourth-order valence-corrected chi connectivity index (χ4v) is 3.20. The Labute approximate surface area is 131 Å². The van der Waals surface area contributed by atoms with Gasteiger partial charge in [0, 0.05) is 25.0 Å². The predicted molar refractivity (Wildman–Crippen MR) is 77.9 cm³/mol. The first-order valence-corrected chi connectivity index (χ1v) is 8.34. The molecule has 1 aliphatic rings. The molecular weight excluding hydrogens is 331 g/mol. The van der Waals surface area contributed by atoms with Gasteiger partial charge in [0.1, 0.15) is 0 Å². The van der Waals surface area contributed by atoms with Crippen LogP contribution in [0.15, 0.2) is 41.6 Å². The molecule has 0 saturated carbocycles. The summed E-state index contributed by atoms with van der Waals surface area (Å²) in [5, 5.41) is 4.23. The average molecular weight is 345 g/mol. The number of rotatable bonds is 3. The quantitative estimate of drug-likeness (QED) is 0.858. The Bertz CT molecular complexity index is 807. The monoisotopic (exact) mass is 345 g/mol. The van der Waals surface area contributed by atoms with E-state index >= 15 is 0 Å². The fourth-order valence-electron chi connectivity index (χ4n) is 2.44. The van der Waals surface area contributed by atoms with Crippen LogP contribution < -0.4 is 4.90 Å². The van der Waals surface area contributed by atoms with Crippen LogP contribution in [-0.4, -0.2) is 36.8 Å². The summed E-state index contributed by atoms with van der Waals surface area (Å²) in [6, 6.07) is 4.97. The first kappa shape index (κ1) is 15.9. The number of sulfone groups is 1. The molecule has 0 aliphatic carbocycles. The Kier molecular flexibility index (Phi) is 3.62. The molecule has 1 saturated heterocycles. The van der Waals surface area contributed by atoms with Crippen LogP contribution in [0.2, 0.25) is 0 Å². The van der Waals surface area contributed by atoms with E-state index in [1.54, 1.807) is 6.20 Å². The van der Waals surface area contributed by atoms with Gasteiger partial charge in [-0.25, -0.2) is 8.42 Å². The van der Waals surface area contributed by atoms with E-state index in [1.165, 1.54) is 12.1 Å². The second kappa shape index (κ2) is 5.26. The second-order valence-corrected chi connectivity index (χ2v) is 7.44. The van der Waals surface area contributed by atoms with Gasteiger partial charge in [-0.2, -0.15) is 18.3 Å². The van der Waals surface area contributed by atoms with Gasteiger partial charge in [-0.15, -0.1) is 0 Å². The third-order valence-corrected chi connectivity index (χ3v) is 5.29. The van der Waals surface area contributed by atoms with Gasteiger partial charge in [0.05, 0.1) is 17.1 Å². The summed E-state index contributed by atoms with van der Waals surface area (Å²) in [5.74, 6) is 0. The first-order chi connectivity index (χ1) is 10.7. The standard InChI is InChI=1S/C14H14F3N3O2S/c1-10-6-18-20(7-10)12-8-19(9-12)11-2-4-13(5-3-11)23(21,22)14(15,16)17/h2-7,12H,8-9H2,1H3. The lowest BCUT2D eigenvalue weighted by molar-refractivity contribution is -0.0436. The lowest BCUT2D eigenvalue weighted by Gasteiger charge is -2.41. The Morgan fingerprint density at radius 1 is 1.17 bits per heavy atom. The molecule has 1 aromatic carbocycles. The van der Waals surface area contributed by atoms with Crippen molar-refractivity contribution in [1.29, 1.82) is 0 Å². The smallest absolute Gasteiger partial charge is 0.367 e. The van der Waals surface area contributed by atoms with E-state index in [9.17, 15) is 21.6 Å². The molecule has 0 N–H and O–H groups in total. The number of aryl methyl sites for hydroxylation is 1. The van der Waals surface area contributed by atoms with Gasteiger partial charge in [0.25, 0.3) is 9.84 Å². The van der Waals surface area contributed by atoms with Crippen LogP contribution in [0.4, 0.5) is 18.9 Å². The highest BCUT2D eigenvalue weighted by Gasteiger charge is 2.46. The maximum atomic E-state index is 12.5. The minimum absolute atomic E-state index is 0.210. The Balaban J connectivity index is 1.70. The van der Waals surface area contributed by atoms with Gasteiger partial charge in [-0.1, -0.05) is 0 Å². The summed E-state index contributed by atoms with van der Waals surface area (Å²) < 4.78 is 61.9. The molecule has 1 aromatic heterocycles. The highest BCUT2D eigenvalue weighted by Crippen LogP contribution is 2.33. The molecule has 1 aliphatic heterocycles. The second-order valence-electron chi connectivity index (χ2n) is 5.50. The summed E-state index contributed by atoms with van der Waals surface area (Å²) in [4.78, 5) is 1.21. The summed E-state index contributed by atoms with van der Waals surface area (Å²) in [6.07, 6.45) is 3.69. The van der Waals surface area contributed by atoms with Gasteiger partial charge < -0.3 is 4.90 Å². The third-order valence-electron chi connectivity index (χ3n) is 3.78. The van der Waals surface area contributed by atoms with E-state index in [0.29, 0.717) is 18.8 Å². The lowest BCUT2D eigenvalue weighted by atomic mass is 10.1. The van der Waals surface area contributed by atoms with Crippen LogP contribution in [-0.2, 0) is 9.84 Å². The highest BCUT2D eigenvalue weighted by molar-refractivity contribution is 7.92. The number of anilines is 1. The van der Waals surface area contributed by atoms with Crippen molar-refractivity contribution in [3.63, 3.8) is 0 Å². The Hall–Kier alpha value is -2.03. The van der Waals surface area contributed by atoms with Crippen molar-refractivity contribution in [1.82, 2.24) is 9.78 Å². The molecule has 5 nitrogen and oxygen atoms in total. The zero-order chi connectivity index (χ0) is 16.8. The van der Waals surface area contributed by atoms with Crippen LogP contribution in [0.1, 0.15) is 11.6 Å². The topological polar surface area (TPSA) is 55.2 Å². The number of halogens is 3. The van der Waals surface area contributed by atoms with E-state index < -0.39 is 20.2 Å². The van der Waals surface area contributed by atoms with E-state index in [2.05, 4.69) is 5.10 Å². The molecule has 0 bridgehead atoms. The van der Waals surface area contributed by atoms with Gasteiger partial charge >= 0.3 is 5.51 Å². The predicted octanol–water partition coefficient (Wildman–Crippen LogP) is 2.55. The SMILES string of the molecule is Cc1cnn(C2CN(c3ccc(S(=O)(=O)C(F)(F)F)cc3)C2)c1. The number of nitrogens with zero attached hydrogens (tertiary/aromatic N) is 3. The zero-order valence-electron chi connectivity index (χ0n) is 12.2. The maximum Gasteiger partial charge on any atom is 0.501 e. The minimum Gasteiger partial charge on any atom is -0.367 e. The Morgan fingerprint density at radius 3 is 2.26 bits per heavy atom. The van der Waals surface area contributed by atoms with Crippen molar-refractivity contribution < 1.29 is 21.6 Å². The van der Waals surface area contributed by atoms with Crippen molar-refractivity contribution in [2.75, 3.05) is 18.0 Å². The largest absolute Gasteiger partial charge is 0.501 e. The molecule has 9 heteroatoms. The third kappa shape index (κ3) is 2.80. The number of alkyl halides is 3. The van der Waals surface area contributed by atoms with Crippen LogP contribution in [0.3, 0.4) is 0 Å². The van der Waals surface area contributed by atoms with Crippen molar-refractivity contribution in [3.8, 4) is 0 Å². The fraction of sp³-hybridized carbons (Fsp3) is 0.357. The highest BCUT2D eigenvalue weighted by atomic mass is 32.2. The van der Waals surface area contributed by atoms with Crippen molar-refractivity contribution >= 4 is 15.5 Å². The molecule has 0 amide bonds. The maximum absolute atomic E-state index is 12.5. The molecule has 0 radical (unpaired) electrons. The number of hydrogen-bond acceptors (Lipinski definition) is 4. The molecule has 3 rings (SSSR count). The van der Waals surface area contributed by atoms with Crippen molar-refractivity contribution in [3.05, 3.63) is 42.2 Å². The van der Waals surface area contributed by atoms with Gasteiger partial charge in [-0.3, -0.25) is 4.68 Å². The molecular formula is C14H14F3N3O2S. The molecule has 0 spiro atoms. The van der Waals surface area contributed by atoms with E-state index in [0.717, 1.165) is 17.7 Å². The summed E-state index contributed by atoms with van der Waals surface area (Å²) >= 11 is 0. The minimum atomic E-state index is -5.29. The summed E-state index contributed by atoms with van der Waals surface area (Å²) in [6.45, 7) is 3.29. The summed E-state index contributed by atoms with van der Waals surface area (Å²) in [7, 11) is -5.29. The number of hydrogen-bond donors (Lipinski definition) is 0. The van der Waals surface area contributed by atoms with Crippen molar-refractivity contribution in [2.45, 2.75) is 23.4 Å². The van der Waals surface area contributed by atoms with Gasteiger partial charge in [-0.05, 0) is 36.8 Å².